The van der Waals surface area contributed by atoms with Gasteiger partial charge in [-0.05, 0) is 23.3 Å². The molecule has 0 amide bonds. The third kappa shape index (κ3) is 2.47. The van der Waals surface area contributed by atoms with Gasteiger partial charge in [-0.3, -0.25) is 4.79 Å². The lowest BCUT2D eigenvalue weighted by atomic mass is 9.89. The zero-order valence-electron chi connectivity index (χ0n) is 11.5. The molecule has 0 heterocycles. The maximum Gasteiger partial charge on any atom is 0.309 e. The molecule has 4 heteroatoms. The van der Waals surface area contributed by atoms with E-state index in [0.717, 1.165) is 10.8 Å². The highest BCUT2D eigenvalue weighted by Crippen LogP contribution is 2.37. The average molecular weight is 274 g/mol. The molecule has 0 aliphatic heterocycles. The van der Waals surface area contributed by atoms with Crippen LogP contribution >= 0.6 is 0 Å². The topological polar surface area (TPSA) is 66.8 Å². The van der Waals surface area contributed by atoms with Crippen LogP contribution in [0.2, 0.25) is 0 Å². The first-order chi connectivity index (χ1) is 9.60. The van der Waals surface area contributed by atoms with Crippen molar-refractivity contribution in [3.63, 3.8) is 0 Å². The number of aliphatic carboxylic acids is 1. The Morgan fingerprint density at radius 2 is 1.95 bits per heavy atom. The lowest BCUT2D eigenvalue weighted by Gasteiger charge is -2.22. The lowest BCUT2D eigenvalue weighted by Crippen LogP contribution is -2.21. The third-order valence-corrected chi connectivity index (χ3v) is 3.58. The monoisotopic (exact) mass is 274 g/mol. The second kappa shape index (κ2) is 5.92. The van der Waals surface area contributed by atoms with Gasteiger partial charge in [-0.25, -0.2) is 0 Å². The van der Waals surface area contributed by atoms with E-state index in [1.54, 1.807) is 13.0 Å². The molecule has 2 aromatic rings. The van der Waals surface area contributed by atoms with Crippen molar-refractivity contribution in [2.75, 3.05) is 7.11 Å². The van der Waals surface area contributed by atoms with Gasteiger partial charge in [0.2, 0.25) is 0 Å². The van der Waals surface area contributed by atoms with E-state index in [2.05, 4.69) is 0 Å². The summed E-state index contributed by atoms with van der Waals surface area (Å²) in [5, 5.41) is 21.5. The Balaban J connectivity index is 2.64. The van der Waals surface area contributed by atoms with E-state index in [9.17, 15) is 15.0 Å². The molecule has 2 aromatic carbocycles. The van der Waals surface area contributed by atoms with Crippen LogP contribution in [0.15, 0.2) is 36.4 Å². The molecule has 0 fully saturated rings. The maximum atomic E-state index is 11.3. The highest BCUT2D eigenvalue weighted by molar-refractivity contribution is 5.88. The third-order valence-electron chi connectivity index (χ3n) is 3.58. The fraction of sp³-hybridized carbons (Fsp3) is 0.312. The summed E-state index contributed by atoms with van der Waals surface area (Å²) >= 11 is 0. The first kappa shape index (κ1) is 14.3. The molecule has 0 aromatic heterocycles. The molecular formula is C16H18O4. The average Bonchev–Trinajstić information content (AvgIpc) is 2.46. The van der Waals surface area contributed by atoms with Gasteiger partial charge >= 0.3 is 5.97 Å². The van der Waals surface area contributed by atoms with E-state index in [1.807, 2.05) is 30.3 Å². The summed E-state index contributed by atoms with van der Waals surface area (Å²) in [6, 6.07) is 11.2. The van der Waals surface area contributed by atoms with Crippen molar-refractivity contribution < 1.29 is 19.7 Å². The van der Waals surface area contributed by atoms with Crippen LogP contribution in [0, 0.1) is 5.92 Å². The van der Waals surface area contributed by atoms with Crippen molar-refractivity contribution in [2.45, 2.75) is 19.4 Å². The standard InChI is InChI=1S/C16H18O4/c1-3-11(16(18)19)15(17)14-12-7-5-4-6-10(12)8-9-13(14)20-2/h4-9,11,15,17H,3H2,1-2H3,(H,18,19). The zero-order chi connectivity index (χ0) is 14.7. The van der Waals surface area contributed by atoms with Crippen molar-refractivity contribution in [2.24, 2.45) is 5.92 Å². The number of hydrogen-bond acceptors (Lipinski definition) is 3. The van der Waals surface area contributed by atoms with E-state index in [1.165, 1.54) is 7.11 Å². The number of methoxy groups -OCH3 is 1. The number of fused-ring (bicyclic) bond motifs is 1. The molecule has 0 saturated heterocycles. The predicted octanol–water partition coefficient (Wildman–Crippen LogP) is 2.99. The fourth-order valence-corrected chi connectivity index (χ4v) is 2.49. The molecule has 2 N–H and O–H groups in total. The minimum atomic E-state index is -1.10. The lowest BCUT2D eigenvalue weighted by molar-refractivity contribution is -0.146. The van der Waals surface area contributed by atoms with Crippen molar-refractivity contribution in [1.82, 2.24) is 0 Å². The molecule has 2 unspecified atom stereocenters. The summed E-state index contributed by atoms with van der Waals surface area (Å²) in [4.78, 5) is 11.3. The number of aliphatic hydroxyl groups is 1. The van der Waals surface area contributed by atoms with E-state index < -0.39 is 18.0 Å². The normalized spacial score (nSPS) is 13.9. The summed E-state index contributed by atoms with van der Waals surface area (Å²) in [6.07, 6.45) is -0.748. The van der Waals surface area contributed by atoms with Crippen molar-refractivity contribution in [3.05, 3.63) is 42.0 Å². The molecular weight excluding hydrogens is 256 g/mol. The van der Waals surface area contributed by atoms with Crippen LogP contribution in [0.4, 0.5) is 0 Å². The zero-order valence-corrected chi connectivity index (χ0v) is 11.5. The molecule has 20 heavy (non-hydrogen) atoms. The summed E-state index contributed by atoms with van der Waals surface area (Å²) in [5.41, 5.74) is 0.542. The van der Waals surface area contributed by atoms with E-state index >= 15 is 0 Å². The summed E-state index contributed by atoms with van der Waals surface area (Å²) < 4.78 is 5.30. The Kier molecular flexibility index (Phi) is 4.25. The number of benzene rings is 2. The van der Waals surface area contributed by atoms with Crippen LogP contribution in [0.25, 0.3) is 10.8 Å². The SMILES string of the molecule is CCC(C(=O)O)C(O)c1c(OC)ccc2ccccc12. The van der Waals surface area contributed by atoms with Gasteiger partial charge in [0.25, 0.3) is 0 Å². The Hall–Kier alpha value is -2.07. The minimum absolute atomic E-state index is 0.350. The van der Waals surface area contributed by atoms with Gasteiger partial charge < -0.3 is 14.9 Å². The van der Waals surface area contributed by atoms with E-state index in [0.29, 0.717) is 17.7 Å². The Morgan fingerprint density at radius 3 is 2.55 bits per heavy atom. The fourth-order valence-electron chi connectivity index (χ4n) is 2.49. The van der Waals surface area contributed by atoms with Crippen LogP contribution < -0.4 is 4.74 Å². The van der Waals surface area contributed by atoms with Crippen LogP contribution in [0.1, 0.15) is 25.0 Å². The van der Waals surface area contributed by atoms with Crippen LogP contribution in [-0.2, 0) is 4.79 Å². The molecule has 0 saturated carbocycles. The van der Waals surface area contributed by atoms with Crippen LogP contribution in [-0.4, -0.2) is 23.3 Å². The number of hydrogen-bond donors (Lipinski definition) is 2. The van der Waals surface area contributed by atoms with Crippen molar-refractivity contribution in [3.8, 4) is 5.75 Å². The van der Waals surface area contributed by atoms with Crippen LogP contribution in [0.5, 0.6) is 5.75 Å². The maximum absolute atomic E-state index is 11.3. The second-order valence-corrected chi connectivity index (χ2v) is 4.70. The molecule has 106 valence electrons. The number of aliphatic hydroxyl groups excluding tert-OH is 1. The molecule has 0 aliphatic rings. The molecule has 2 atom stereocenters. The van der Waals surface area contributed by atoms with Gasteiger partial charge in [-0.15, -0.1) is 0 Å². The number of rotatable bonds is 5. The highest BCUT2D eigenvalue weighted by Gasteiger charge is 2.29. The van der Waals surface area contributed by atoms with Gasteiger partial charge in [0.1, 0.15) is 5.75 Å². The molecule has 0 spiro atoms. The number of carbonyl (C=O) groups is 1. The summed E-state index contributed by atoms with van der Waals surface area (Å²) in [5.74, 6) is -1.35. The summed E-state index contributed by atoms with van der Waals surface area (Å²) in [7, 11) is 1.52. The molecule has 4 nitrogen and oxygen atoms in total. The second-order valence-electron chi connectivity index (χ2n) is 4.70. The predicted molar refractivity (Wildman–Crippen MR) is 76.9 cm³/mol. The minimum Gasteiger partial charge on any atom is -0.496 e. The molecule has 0 aliphatic carbocycles. The van der Waals surface area contributed by atoms with Crippen molar-refractivity contribution in [1.29, 1.82) is 0 Å². The van der Waals surface area contributed by atoms with E-state index in [4.69, 9.17) is 4.74 Å². The van der Waals surface area contributed by atoms with Gasteiger partial charge in [-0.2, -0.15) is 0 Å². The smallest absolute Gasteiger partial charge is 0.309 e. The largest absolute Gasteiger partial charge is 0.496 e. The first-order valence-electron chi connectivity index (χ1n) is 6.56. The van der Waals surface area contributed by atoms with Crippen LogP contribution in [0.3, 0.4) is 0 Å². The van der Waals surface area contributed by atoms with Gasteiger partial charge in [-0.1, -0.05) is 37.3 Å². The Bertz CT molecular complexity index is 621. The van der Waals surface area contributed by atoms with Gasteiger partial charge in [0.15, 0.2) is 0 Å². The number of carboxylic acids is 1. The summed E-state index contributed by atoms with van der Waals surface area (Å²) in [6.45, 7) is 1.75. The molecule has 0 bridgehead atoms. The first-order valence-corrected chi connectivity index (χ1v) is 6.56. The van der Waals surface area contributed by atoms with Gasteiger partial charge in [0.05, 0.1) is 19.1 Å². The van der Waals surface area contributed by atoms with Crippen molar-refractivity contribution >= 4 is 16.7 Å². The highest BCUT2D eigenvalue weighted by atomic mass is 16.5. The number of carboxylic acid groups (broad SMARTS) is 1. The number of ether oxygens (including phenoxy) is 1. The van der Waals surface area contributed by atoms with E-state index in [-0.39, 0.29) is 0 Å². The Morgan fingerprint density at radius 1 is 1.25 bits per heavy atom. The molecule has 2 rings (SSSR count). The quantitative estimate of drug-likeness (QED) is 0.879. The molecule has 0 radical (unpaired) electrons. The Labute approximate surface area is 117 Å². The van der Waals surface area contributed by atoms with Gasteiger partial charge in [0, 0.05) is 5.56 Å².